The molecular weight excluding hydrogens is 248 g/mol. The molecule has 0 aromatic carbocycles. The highest BCUT2D eigenvalue weighted by Crippen LogP contribution is 2.31. The zero-order chi connectivity index (χ0) is 12.4. The molecule has 0 aromatic rings. The summed E-state index contributed by atoms with van der Waals surface area (Å²) in [6.07, 6.45) is -7.49. The topological polar surface area (TPSA) is 80.7 Å². The summed E-state index contributed by atoms with van der Waals surface area (Å²) in [4.78, 5) is 10.2. The van der Waals surface area contributed by atoms with Crippen LogP contribution < -0.4 is 0 Å². The fraction of sp³-hybridized carbons (Fsp3) is 0.800. The van der Waals surface area contributed by atoms with Crippen molar-refractivity contribution in [1.82, 2.24) is 0 Å². The Morgan fingerprint density at radius 2 is 1.80 bits per heavy atom. The molecule has 0 aliphatic heterocycles. The molecule has 90 valence electrons. The lowest BCUT2D eigenvalue weighted by Crippen LogP contribution is -2.47. The minimum Gasteiger partial charge on any atom is -0.449 e. The summed E-state index contributed by atoms with van der Waals surface area (Å²) in [5.74, 6) is -1.52. The molecule has 15 heavy (non-hydrogen) atoms. The van der Waals surface area contributed by atoms with Gasteiger partial charge in [-0.15, -0.1) is 0 Å². The van der Waals surface area contributed by atoms with Crippen LogP contribution in [-0.2, 0) is 19.6 Å². The molecule has 1 unspecified atom stereocenters. The van der Waals surface area contributed by atoms with Crippen LogP contribution >= 0.6 is 0 Å². The van der Waals surface area contributed by atoms with Gasteiger partial charge in [-0.2, -0.15) is 17.2 Å². The van der Waals surface area contributed by atoms with Crippen molar-refractivity contribution < 1.29 is 40.1 Å². The van der Waals surface area contributed by atoms with E-state index in [1.54, 1.807) is 0 Å². The van der Waals surface area contributed by atoms with Gasteiger partial charge < -0.3 is 4.74 Å². The predicted molar refractivity (Wildman–Crippen MR) is 38.1 cm³/mol. The van der Waals surface area contributed by atoms with Crippen LogP contribution in [0.5, 0.6) is 0 Å². The van der Waals surface area contributed by atoms with E-state index in [-0.39, 0.29) is 0 Å². The Balaban J connectivity index is 5.17. The first-order valence-corrected chi connectivity index (χ1v) is 4.74. The third-order valence-electron chi connectivity index (χ3n) is 1.20. The standard InChI is InChI=1S/C5H6F4O5S/c1-2(10)14-3(4(6)7)5(8,9)15(11,12)13/h3-4H,1H3,(H,11,12,13). The molecule has 1 atom stereocenters. The van der Waals surface area contributed by atoms with E-state index in [0.717, 1.165) is 0 Å². The Bertz CT molecular complexity index is 337. The Labute approximate surface area is 81.8 Å². The second-order valence-corrected chi connectivity index (χ2v) is 3.90. The number of rotatable bonds is 4. The summed E-state index contributed by atoms with van der Waals surface area (Å²) in [6, 6.07) is 0. The van der Waals surface area contributed by atoms with Crippen molar-refractivity contribution >= 4 is 16.1 Å². The van der Waals surface area contributed by atoms with E-state index in [9.17, 15) is 30.8 Å². The number of hydrogen-bond donors (Lipinski definition) is 1. The average molecular weight is 254 g/mol. The van der Waals surface area contributed by atoms with Crippen LogP contribution in [0.2, 0.25) is 0 Å². The lowest BCUT2D eigenvalue weighted by atomic mass is 10.4. The molecule has 0 aromatic heterocycles. The fourth-order valence-corrected chi connectivity index (χ4v) is 1.04. The van der Waals surface area contributed by atoms with Crippen LogP contribution in [0.1, 0.15) is 6.92 Å². The number of esters is 1. The second-order valence-electron chi connectivity index (χ2n) is 2.40. The van der Waals surface area contributed by atoms with Gasteiger partial charge >= 0.3 is 21.3 Å². The van der Waals surface area contributed by atoms with E-state index in [2.05, 4.69) is 4.74 Å². The molecule has 0 bridgehead atoms. The van der Waals surface area contributed by atoms with Gasteiger partial charge in [-0.05, 0) is 0 Å². The maximum Gasteiger partial charge on any atom is 0.411 e. The molecule has 0 radical (unpaired) electrons. The van der Waals surface area contributed by atoms with Gasteiger partial charge in [0, 0.05) is 6.92 Å². The number of hydrogen-bond acceptors (Lipinski definition) is 4. The molecular formula is C5H6F4O5S. The highest BCUT2D eigenvalue weighted by molar-refractivity contribution is 7.86. The quantitative estimate of drug-likeness (QED) is 0.453. The SMILES string of the molecule is CC(=O)OC(C(F)F)C(F)(F)S(=O)(=O)O. The number of alkyl halides is 4. The van der Waals surface area contributed by atoms with Crippen LogP contribution in [0.3, 0.4) is 0 Å². The van der Waals surface area contributed by atoms with Gasteiger partial charge in [-0.3, -0.25) is 9.35 Å². The van der Waals surface area contributed by atoms with E-state index in [4.69, 9.17) is 4.55 Å². The molecule has 0 amide bonds. The summed E-state index contributed by atoms with van der Waals surface area (Å²) < 4.78 is 80.7. The van der Waals surface area contributed by atoms with Crippen LogP contribution in [-0.4, -0.2) is 36.7 Å². The zero-order valence-electron chi connectivity index (χ0n) is 7.16. The number of halogens is 4. The first-order valence-electron chi connectivity index (χ1n) is 3.30. The molecule has 10 heteroatoms. The van der Waals surface area contributed by atoms with Crippen LogP contribution in [0.15, 0.2) is 0 Å². The lowest BCUT2D eigenvalue weighted by Gasteiger charge is -2.22. The summed E-state index contributed by atoms with van der Waals surface area (Å²) in [6.45, 7) is 0.537. The first-order chi connectivity index (χ1) is 6.50. The highest BCUT2D eigenvalue weighted by Gasteiger charge is 2.58. The summed E-state index contributed by atoms with van der Waals surface area (Å²) in [7, 11) is -6.08. The van der Waals surface area contributed by atoms with Gasteiger partial charge in [0.15, 0.2) is 0 Å². The maximum atomic E-state index is 12.6. The van der Waals surface area contributed by atoms with Gasteiger partial charge in [-0.1, -0.05) is 0 Å². The van der Waals surface area contributed by atoms with Crippen LogP contribution in [0.4, 0.5) is 17.6 Å². The normalized spacial score (nSPS) is 15.1. The van der Waals surface area contributed by atoms with Crippen molar-refractivity contribution in [1.29, 1.82) is 0 Å². The number of carbonyl (C=O) groups excluding carboxylic acids is 1. The molecule has 0 fully saturated rings. The van der Waals surface area contributed by atoms with Crippen molar-refractivity contribution in [2.75, 3.05) is 0 Å². The maximum absolute atomic E-state index is 12.6. The third-order valence-corrected chi connectivity index (χ3v) is 2.12. The highest BCUT2D eigenvalue weighted by atomic mass is 32.2. The average Bonchev–Trinajstić information content (AvgIpc) is 1.96. The lowest BCUT2D eigenvalue weighted by molar-refractivity contribution is -0.177. The van der Waals surface area contributed by atoms with E-state index >= 15 is 0 Å². The van der Waals surface area contributed by atoms with E-state index in [1.807, 2.05) is 0 Å². The van der Waals surface area contributed by atoms with Crippen LogP contribution in [0, 0.1) is 0 Å². The molecule has 0 aliphatic rings. The smallest absolute Gasteiger partial charge is 0.411 e. The zero-order valence-corrected chi connectivity index (χ0v) is 7.97. The Hall–Kier alpha value is -0.900. The molecule has 1 N–H and O–H groups in total. The van der Waals surface area contributed by atoms with Crippen molar-refractivity contribution in [2.24, 2.45) is 0 Å². The third kappa shape index (κ3) is 3.30. The van der Waals surface area contributed by atoms with Crippen molar-refractivity contribution in [3.63, 3.8) is 0 Å². The summed E-state index contributed by atoms with van der Waals surface area (Å²) in [5, 5.41) is -5.26. The molecule has 5 nitrogen and oxygen atoms in total. The van der Waals surface area contributed by atoms with Gasteiger partial charge in [0.25, 0.3) is 6.43 Å². The van der Waals surface area contributed by atoms with Gasteiger partial charge in [-0.25, -0.2) is 8.78 Å². The summed E-state index contributed by atoms with van der Waals surface area (Å²) >= 11 is 0. The van der Waals surface area contributed by atoms with Crippen LogP contribution in [0.25, 0.3) is 0 Å². The molecule has 0 spiro atoms. The monoisotopic (exact) mass is 254 g/mol. The largest absolute Gasteiger partial charge is 0.449 e. The molecule has 0 saturated carbocycles. The minimum atomic E-state index is -6.08. The van der Waals surface area contributed by atoms with E-state index in [1.165, 1.54) is 0 Å². The van der Waals surface area contributed by atoms with Gasteiger partial charge in [0.2, 0.25) is 6.10 Å². The van der Waals surface area contributed by atoms with Crippen molar-refractivity contribution in [2.45, 2.75) is 24.7 Å². The number of carbonyl (C=O) groups is 1. The Kier molecular flexibility index (Phi) is 4.05. The van der Waals surface area contributed by atoms with E-state index < -0.39 is 33.9 Å². The fourth-order valence-electron chi connectivity index (χ4n) is 0.592. The Morgan fingerprint density at radius 1 is 1.40 bits per heavy atom. The second kappa shape index (κ2) is 4.31. The minimum absolute atomic E-state index is 0.537. The first kappa shape index (κ1) is 14.1. The molecule has 0 heterocycles. The predicted octanol–water partition coefficient (Wildman–Crippen LogP) is 0.664. The van der Waals surface area contributed by atoms with Gasteiger partial charge in [0.1, 0.15) is 0 Å². The van der Waals surface area contributed by atoms with Crippen molar-refractivity contribution in [3.05, 3.63) is 0 Å². The number of ether oxygens (including phenoxy) is 1. The molecule has 0 saturated heterocycles. The Morgan fingerprint density at radius 3 is 2.00 bits per heavy atom. The summed E-state index contributed by atoms with van der Waals surface area (Å²) in [5.41, 5.74) is 0. The molecule has 0 aliphatic carbocycles. The van der Waals surface area contributed by atoms with E-state index in [0.29, 0.717) is 6.92 Å². The van der Waals surface area contributed by atoms with Crippen molar-refractivity contribution in [3.8, 4) is 0 Å². The molecule has 0 rings (SSSR count). The van der Waals surface area contributed by atoms with Gasteiger partial charge in [0.05, 0.1) is 0 Å².